The molecule has 1 saturated heterocycles. The summed E-state index contributed by atoms with van der Waals surface area (Å²) in [5.74, 6) is 2.08. The van der Waals surface area contributed by atoms with Crippen LogP contribution >= 0.6 is 11.3 Å². The van der Waals surface area contributed by atoms with Crippen LogP contribution in [0, 0.1) is 6.92 Å². The maximum absolute atomic E-state index is 4.84. The van der Waals surface area contributed by atoms with Crippen molar-refractivity contribution in [2.75, 3.05) is 13.1 Å². The fourth-order valence-corrected chi connectivity index (χ4v) is 6.06. The highest BCUT2D eigenvalue weighted by atomic mass is 32.1. The molecule has 4 heterocycles. The van der Waals surface area contributed by atoms with Gasteiger partial charge in [0, 0.05) is 30.4 Å². The zero-order chi connectivity index (χ0) is 18.7. The van der Waals surface area contributed by atoms with Gasteiger partial charge in [0.25, 0.3) is 0 Å². The lowest BCUT2D eigenvalue weighted by Crippen LogP contribution is -2.40. The van der Waals surface area contributed by atoms with Gasteiger partial charge in [0.15, 0.2) is 0 Å². The summed E-state index contributed by atoms with van der Waals surface area (Å²) in [7, 11) is 0. The van der Waals surface area contributed by atoms with Gasteiger partial charge in [-0.05, 0) is 73.3 Å². The SMILES string of the molecule is Cc1nc(C2CC2c2ccc3c(c2)CN(C2CCNCC2)C3)c2ccsc2n1. The van der Waals surface area contributed by atoms with Crippen molar-refractivity contribution in [1.82, 2.24) is 20.2 Å². The van der Waals surface area contributed by atoms with Crippen LogP contribution in [-0.2, 0) is 13.1 Å². The second kappa shape index (κ2) is 6.61. The molecular weight excluding hydrogens is 364 g/mol. The van der Waals surface area contributed by atoms with Crippen LogP contribution in [0.2, 0.25) is 0 Å². The van der Waals surface area contributed by atoms with Crippen molar-refractivity contribution < 1.29 is 0 Å². The molecular formula is C23H26N4S. The number of nitrogens with zero attached hydrogens (tertiary/aromatic N) is 3. The molecule has 2 fully saturated rings. The minimum absolute atomic E-state index is 0.554. The molecule has 144 valence electrons. The number of hydrogen-bond donors (Lipinski definition) is 1. The van der Waals surface area contributed by atoms with E-state index < -0.39 is 0 Å². The first-order valence-corrected chi connectivity index (χ1v) is 11.4. The van der Waals surface area contributed by atoms with Crippen LogP contribution < -0.4 is 5.32 Å². The average molecular weight is 391 g/mol. The number of fused-ring (bicyclic) bond motifs is 2. The van der Waals surface area contributed by atoms with Crippen molar-refractivity contribution in [3.05, 3.63) is 57.9 Å². The number of hydrogen-bond acceptors (Lipinski definition) is 5. The first kappa shape index (κ1) is 17.1. The van der Waals surface area contributed by atoms with E-state index in [-0.39, 0.29) is 0 Å². The van der Waals surface area contributed by atoms with Crippen molar-refractivity contribution in [1.29, 1.82) is 0 Å². The molecule has 1 N–H and O–H groups in total. The Morgan fingerprint density at radius 3 is 2.79 bits per heavy atom. The van der Waals surface area contributed by atoms with E-state index >= 15 is 0 Å². The molecule has 4 nitrogen and oxygen atoms in total. The Labute approximate surface area is 170 Å². The summed E-state index contributed by atoms with van der Waals surface area (Å²) in [4.78, 5) is 13.3. The average Bonchev–Trinajstić information content (AvgIpc) is 3.17. The van der Waals surface area contributed by atoms with Crippen molar-refractivity contribution in [3.63, 3.8) is 0 Å². The highest BCUT2D eigenvalue weighted by Gasteiger charge is 2.42. The van der Waals surface area contributed by atoms with Gasteiger partial charge in [-0.25, -0.2) is 9.97 Å². The van der Waals surface area contributed by atoms with Crippen LogP contribution in [0.3, 0.4) is 0 Å². The van der Waals surface area contributed by atoms with E-state index in [1.54, 1.807) is 16.9 Å². The van der Waals surface area contributed by atoms with Crippen molar-refractivity contribution >= 4 is 21.6 Å². The highest BCUT2D eigenvalue weighted by molar-refractivity contribution is 7.16. The summed E-state index contributed by atoms with van der Waals surface area (Å²) < 4.78 is 0. The van der Waals surface area contributed by atoms with Gasteiger partial charge in [0.1, 0.15) is 10.7 Å². The molecule has 2 unspecified atom stereocenters. The summed E-state index contributed by atoms with van der Waals surface area (Å²) in [5.41, 5.74) is 5.87. The van der Waals surface area contributed by atoms with Gasteiger partial charge >= 0.3 is 0 Å². The second-order valence-electron chi connectivity index (χ2n) is 8.66. The number of benzene rings is 1. The lowest BCUT2D eigenvalue weighted by atomic mass is 10.0. The minimum Gasteiger partial charge on any atom is -0.317 e. The number of aromatic nitrogens is 2. The molecule has 1 aromatic carbocycles. The quantitative estimate of drug-likeness (QED) is 0.722. The van der Waals surface area contributed by atoms with Gasteiger partial charge in [-0.3, -0.25) is 4.90 Å². The molecule has 6 rings (SSSR count). The zero-order valence-electron chi connectivity index (χ0n) is 16.3. The van der Waals surface area contributed by atoms with Gasteiger partial charge < -0.3 is 5.32 Å². The minimum atomic E-state index is 0.554. The zero-order valence-corrected chi connectivity index (χ0v) is 17.1. The Bertz CT molecular complexity index is 1040. The van der Waals surface area contributed by atoms with E-state index in [4.69, 9.17) is 4.98 Å². The molecule has 5 heteroatoms. The molecule has 0 bridgehead atoms. The Morgan fingerprint density at radius 2 is 1.89 bits per heavy atom. The van der Waals surface area contributed by atoms with Crippen molar-refractivity contribution in [2.24, 2.45) is 0 Å². The topological polar surface area (TPSA) is 41.1 Å². The number of rotatable bonds is 3. The second-order valence-corrected chi connectivity index (χ2v) is 9.55. The van der Waals surface area contributed by atoms with E-state index in [0.29, 0.717) is 11.8 Å². The molecule has 2 atom stereocenters. The number of piperidine rings is 1. The number of thiophene rings is 1. The lowest BCUT2D eigenvalue weighted by Gasteiger charge is -2.31. The molecule has 28 heavy (non-hydrogen) atoms. The summed E-state index contributed by atoms with van der Waals surface area (Å²) in [6.45, 7) is 6.62. The molecule has 2 aromatic heterocycles. The third-order valence-electron chi connectivity index (χ3n) is 6.84. The largest absolute Gasteiger partial charge is 0.317 e. The van der Waals surface area contributed by atoms with Gasteiger partial charge in [-0.15, -0.1) is 11.3 Å². The van der Waals surface area contributed by atoms with Crippen LogP contribution in [0.1, 0.15) is 59.3 Å². The van der Waals surface area contributed by atoms with Gasteiger partial charge in [0.2, 0.25) is 0 Å². The van der Waals surface area contributed by atoms with Gasteiger partial charge in [-0.2, -0.15) is 0 Å². The lowest BCUT2D eigenvalue weighted by molar-refractivity contribution is 0.163. The van der Waals surface area contributed by atoms with Gasteiger partial charge in [-0.1, -0.05) is 18.2 Å². The predicted molar refractivity (Wildman–Crippen MR) is 114 cm³/mol. The molecule has 0 spiro atoms. The monoisotopic (exact) mass is 390 g/mol. The molecule has 0 amide bonds. The van der Waals surface area contributed by atoms with Crippen LogP contribution in [0.4, 0.5) is 0 Å². The molecule has 3 aliphatic rings. The first-order valence-electron chi connectivity index (χ1n) is 10.5. The maximum atomic E-state index is 4.84. The maximum Gasteiger partial charge on any atom is 0.127 e. The van der Waals surface area contributed by atoms with Crippen LogP contribution in [-0.4, -0.2) is 34.0 Å². The van der Waals surface area contributed by atoms with E-state index in [1.165, 1.54) is 54.6 Å². The third-order valence-corrected chi connectivity index (χ3v) is 7.65. The van der Waals surface area contributed by atoms with E-state index in [2.05, 4.69) is 44.8 Å². The van der Waals surface area contributed by atoms with Crippen LogP contribution in [0.25, 0.3) is 10.2 Å². The van der Waals surface area contributed by atoms with Gasteiger partial charge in [0.05, 0.1) is 5.69 Å². The molecule has 1 saturated carbocycles. The van der Waals surface area contributed by atoms with Crippen molar-refractivity contribution in [2.45, 2.75) is 57.2 Å². The summed E-state index contributed by atoms with van der Waals surface area (Å²) in [6.07, 6.45) is 3.79. The summed E-state index contributed by atoms with van der Waals surface area (Å²) in [6, 6.07) is 10.2. The molecule has 1 aliphatic carbocycles. The van der Waals surface area contributed by atoms with Crippen LogP contribution in [0.5, 0.6) is 0 Å². The third kappa shape index (κ3) is 2.88. The molecule has 3 aromatic rings. The molecule has 0 radical (unpaired) electrons. The fraction of sp³-hybridized carbons (Fsp3) is 0.478. The first-order chi connectivity index (χ1) is 13.8. The number of aryl methyl sites for hydroxylation is 1. The van der Waals surface area contributed by atoms with E-state index in [1.807, 2.05) is 6.92 Å². The smallest absolute Gasteiger partial charge is 0.127 e. The predicted octanol–water partition coefficient (Wildman–Crippen LogP) is 4.34. The van der Waals surface area contributed by atoms with Crippen molar-refractivity contribution in [3.8, 4) is 0 Å². The Hall–Kier alpha value is -1.82. The van der Waals surface area contributed by atoms with Crippen LogP contribution in [0.15, 0.2) is 29.6 Å². The summed E-state index contributed by atoms with van der Waals surface area (Å²) in [5, 5.41) is 6.90. The number of nitrogens with one attached hydrogen (secondary N) is 1. The Morgan fingerprint density at radius 1 is 1.04 bits per heavy atom. The Kier molecular flexibility index (Phi) is 4.03. The normalized spacial score (nSPS) is 25.3. The highest BCUT2D eigenvalue weighted by Crippen LogP contribution is 2.56. The van der Waals surface area contributed by atoms with E-state index in [0.717, 1.165) is 29.8 Å². The molecule has 2 aliphatic heterocycles. The summed E-state index contributed by atoms with van der Waals surface area (Å²) >= 11 is 1.73. The standard InChI is InChI=1S/C23H26N4S/c1-14-25-22(19-6-9-28-23(19)26-14)21-11-20(21)15-2-3-16-12-27(13-17(16)10-15)18-4-7-24-8-5-18/h2-3,6,9-10,18,20-21,24H,4-5,7-8,11-13H2,1H3. The van der Waals surface area contributed by atoms with E-state index in [9.17, 15) is 0 Å². The fourth-order valence-electron chi connectivity index (χ4n) is 5.24. The Balaban J connectivity index is 1.23.